The van der Waals surface area contributed by atoms with Gasteiger partial charge in [-0.3, -0.25) is 0 Å². The molecule has 2 aromatic rings. The Kier molecular flexibility index (Phi) is 5.60. The highest BCUT2D eigenvalue weighted by Gasteiger charge is 2.17. The van der Waals surface area contributed by atoms with Crippen molar-refractivity contribution >= 4 is 16.7 Å². The maximum Gasteiger partial charge on any atom is 0.170 e. The van der Waals surface area contributed by atoms with Crippen LogP contribution in [0.2, 0.25) is 0 Å². The molecule has 0 fully saturated rings. The van der Waals surface area contributed by atoms with E-state index < -0.39 is 0 Å². The van der Waals surface area contributed by atoms with E-state index in [1.807, 2.05) is 19.9 Å². The minimum Gasteiger partial charge on any atom is -0.494 e. The normalized spacial score (nSPS) is 11.1. The number of nitrogens with one attached hydrogen (secondary N) is 1. The lowest BCUT2D eigenvalue weighted by Crippen LogP contribution is -2.16. The van der Waals surface area contributed by atoms with Crippen molar-refractivity contribution in [2.75, 3.05) is 46.7 Å². The fraction of sp³-hybridized carbons (Fsp3) is 0.529. The molecule has 0 saturated carbocycles. The maximum absolute atomic E-state index is 5.60. The predicted octanol–water partition coefficient (Wildman–Crippen LogP) is 2.63. The Hall–Kier alpha value is -2.08. The van der Waals surface area contributed by atoms with Gasteiger partial charge in [0.25, 0.3) is 0 Å². The second-order valence-corrected chi connectivity index (χ2v) is 5.83. The minimum atomic E-state index is 0.700. The summed E-state index contributed by atoms with van der Waals surface area (Å²) in [6, 6.07) is 1.93. The van der Waals surface area contributed by atoms with Crippen molar-refractivity contribution in [2.45, 2.75) is 20.3 Å². The lowest BCUT2D eigenvalue weighted by Gasteiger charge is -2.17. The number of benzene rings is 1. The third kappa shape index (κ3) is 3.82. The molecule has 1 heterocycles. The van der Waals surface area contributed by atoms with Gasteiger partial charge in [0.1, 0.15) is 16.8 Å². The zero-order chi connectivity index (χ0) is 17.0. The lowest BCUT2D eigenvalue weighted by atomic mass is 10.2. The Balaban J connectivity index is 2.42. The molecule has 0 aliphatic rings. The predicted molar refractivity (Wildman–Crippen MR) is 93.8 cm³/mol. The van der Waals surface area contributed by atoms with E-state index in [9.17, 15) is 0 Å². The van der Waals surface area contributed by atoms with Crippen molar-refractivity contribution in [3.05, 3.63) is 17.5 Å². The number of fused-ring (bicyclic) bond motifs is 1. The quantitative estimate of drug-likeness (QED) is 0.792. The van der Waals surface area contributed by atoms with Crippen molar-refractivity contribution in [1.29, 1.82) is 0 Å². The van der Waals surface area contributed by atoms with E-state index in [0.717, 1.165) is 47.6 Å². The minimum absolute atomic E-state index is 0.700. The molecular formula is C17H26N4O2. The van der Waals surface area contributed by atoms with Crippen molar-refractivity contribution in [1.82, 2.24) is 14.9 Å². The van der Waals surface area contributed by atoms with Gasteiger partial charge in [-0.05, 0) is 40.9 Å². The van der Waals surface area contributed by atoms with Crippen LogP contribution in [0.4, 0.5) is 5.69 Å². The first-order chi connectivity index (χ1) is 11.0. The number of nitrogens with zero attached hydrogens (tertiary/aromatic N) is 3. The molecule has 2 rings (SSSR count). The number of anilines is 1. The summed E-state index contributed by atoms with van der Waals surface area (Å²) in [6.07, 6.45) is 1.04. The molecule has 0 saturated heterocycles. The van der Waals surface area contributed by atoms with E-state index in [2.05, 4.69) is 34.3 Å². The largest absolute Gasteiger partial charge is 0.494 e. The summed E-state index contributed by atoms with van der Waals surface area (Å²) in [5.74, 6) is 1.41. The van der Waals surface area contributed by atoms with Gasteiger partial charge in [0.05, 0.1) is 31.3 Å². The Morgan fingerprint density at radius 1 is 1.04 bits per heavy atom. The monoisotopic (exact) mass is 318 g/mol. The molecule has 6 heteroatoms. The molecule has 0 aliphatic heterocycles. The number of aromatic nitrogens is 2. The highest BCUT2D eigenvalue weighted by Crippen LogP contribution is 2.38. The smallest absolute Gasteiger partial charge is 0.170 e. The van der Waals surface area contributed by atoms with E-state index in [1.165, 1.54) is 0 Å². The molecule has 0 amide bonds. The van der Waals surface area contributed by atoms with E-state index in [4.69, 9.17) is 9.47 Å². The fourth-order valence-corrected chi connectivity index (χ4v) is 2.44. The standard InChI is InChI=1S/C17H26N4O2/c1-11-12(2)20-16-15(19-11)14(22-5)10-13(17(16)23-6)18-8-7-9-21(3)4/h10,18H,7-9H2,1-6H3. The number of hydrogen-bond donors (Lipinski definition) is 1. The Labute approximate surface area is 137 Å². The maximum atomic E-state index is 5.60. The van der Waals surface area contributed by atoms with Gasteiger partial charge < -0.3 is 19.7 Å². The van der Waals surface area contributed by atoms with Crippen molar-refractivity contribution in [3.8, 4) is 11.5 Å². The Morgan fingerprint density at radius 3 is 2.26 bits per heavy atom. The van der Waals surface area contributed by atoms with Crippen LogP contribution in [-0.4, -0.2) is 56.3 Å². The summed E-state index contributed by atoms with van der Waals surface area (Å²) in [7, 11) is 7.44. The van der Waals surface area contributed by atoms with Crippen LogP contribution in [0.25, 0.3) is 11.0 Å². The number of rotatable bonds is 7. The number of ether oxygens (including phenoxy) is 2. The van der Waals surface area contributed by atoms with Gasteiger partial charge in [0, 0.05) is 12.6 Å². The SMILES string of the molecule is COc1cc(NCCCN(C)C)c(OC)c2nc(C)c(C)nc12. The summed E-state index contributed by atoms with van der Waals surface area (Å²) >= 11 is 0. The first kappa shape index (κ1) is 17.3. The molecule has 1 aromatic heterocycles. The molecule has 6 nitrogen and oxygen atoms in total. The van der Waals surface area contributed by atoms with E-state index in [0.29, 0.717) is 11.5 Å². The number of methoxy groups -OCH3 is 2. The van der Waals surface area contributed by atoms with Gasteiger partial charge in [-0.1, -0.05) is 0 Å². The second kappa shape index (κ2) is 7.46. The molecule has 126 valence electrons. The van der Waals surface area contributed by atoms with Crippen LogP contribution in [-0.2, 0) is 0 Å². The van der Waals surface area contributed by atoms with Gasteiger partial charge >= 0.3 is 0 Å². The fourth-order valence-electron chi connectivity index (χ4n) is 2.44. The van der Waals surface area contributed by atoms with Gasteiger partial charge in [-0.15, -0.1) is 0 Å². The Morgan fingerprint density at radius 2 is 1.70 bits per heavy atom. The molecule has 0 atom stereocenters. The zero-order valence-electron chi connectivity index (χ0n) is 14.9. The molecule has 0 bridgehead atoms. The molecule has 0 spiro atoms. The second-order valence-electron chi connectivity index (χ2n) is 5.83. The molecule has 23 heavy (non-hydrogen) atoms. The van der Waals surface area contributed by atoms with Crippen molar-refractivity contribution in [3.63, 3.8) is 0 Å². The highest BCUT2D eigenvalue weighted by molar-refractivity contribution is 5.92. The van der Waals surface area contributed by atoms with Gasteiger partial charge in [0.15, 0.2) is 5.75 Å². The molecule has 0 radical (unpaired) electrons. The zero-order valence-corrected chi connectivity index (χ0v) is 14.9. The van der Waals surface area contributed by atoms with Crippen molar-refractivity contribution < 1.29 is 9.47 Å². The van der Waals surface area contributed by atoms with E-state index in [-0.39, 0.29) is 0 Å². The summed E-state index contributed by atoms with van der Waals surface area (Å²) in [5, 5.41) is 3.42. The third-order valence-corrected chi connectivity index (χ3v) is 3.80. The summed E-state index contributed by atoms with van der Waals surface area (Å²) < 4.78 is 11.1. The molecule has 0 aliphatic carbocycles. The van der Waals surface area contributed by atoms with Crippen LogP contribution in [0.1, 0.15) is 17.8 Å². The van der Waals surface area contributed by atoms with Crippen LogP contribution in [0.15, 0.2) is 6.07 Å². The first-order valence-electron chi connectivity index (χ1n) is 7.76. The third-order valence-electron chi connectivity index (χ3n) is 3.80. The molecule has 1 aromatic carbocycles. The molecular weight excluding hydrogens is 292 g/mol. The number of hydrogen-bond acceptors (Lipinski definition) is 6. The van der Waals surface area contributed by atoms with Crippen molar-refractivity contribution in [2.24, 2.45) is 0 Å². The summed E-state index contributed by atoms with van der Waals surface area (Å²) in [5.41, 5.74) is 4.12. The topological polar surface area (TPSA) is 59.5 Å². The Bertz CT molecular complexity index is 686. The summed E-state index contributed by atoms with van der Waals surface area (Å²) in [6.45, 7) is 5.77. The molecule has 0 unspecified atom stereocenters. The van der Waals surface area contributed by atoms with Crippen LogP contribution < -0.4 is 14.8 Å². The summed E-state index contributed by atoms with van der Waals surface area (Å²) in [4.78, 5) is 11.4. The van der Waals surface area contributed by atoms with Crippen LogP contribution >= 0.6 is 0 Å². The van der Waals surface area contributed by atoms with Crippen LogP contribution in [0.3, 0.4) is 0 Å². The first-order valence-corrected chi connectivity index (χ1v) is 7.76. The van der Waals surface area contributed by atoms with Crippen LogP contribution in [0.5, 0.6) is 11.5 Å². The number of aryl methyl sites for hydroxylation is 2. The molecule has 1 N–H and O–H groups in total. The van der Waals surface area contributed by atoms with E-state index in [1.54, 1.807) is 14.2 Å². The van der Waals surface area contributed by atoms with Gasteiger partial charge in [-0.2, -0.15) is 0 Å². The highest BCUT2D eigenvalue weighted by atomic mass is 16.5. The average Bonchev–Trinajstić information content (AvgIpc) is 2.52. The van der Waals surface area contributed by atoms with Gasteiger partial charge in [0.2, 0.25) is 0 Å². The van der Waals surface area contributed by atoms with E-state index >= 15 is 0 Å². The van der Waals surface area contributed by atoms with Gasteiger partial charge in [-0.25, -0.2) is 9.97 Å². The lowest BCUT2D eigenvalue weighted by molar-refractivity contribution is 0.403. The average molecular weight is 318 g/mol. The van der Waals surface area contributed by atoms with Crippen LogP contribution in [0, 0.1) is 13.8 Å².